The summed E-state index contributed by atoms with van der Waals surface area (Å²) in [6.07, 6.45) is 0.363. The lowest BCUT2D eigenvalue weighted by atomic mass is 10.2. The van der Waals surface area contributed by atoms with E-state index in [0.717, 1.165) is 30.2 Å². The second-order valence-corrected chi connectivity index (χ2v) is 8.35. The third-order valence-corrected chi connectivity index (χ3v) is 6.14. The molecule has 0 aliphatic carbocycles. The Morgan fingerprint density at radius 2 is 2.00 bits per heavy atom. The van der Waals surface area contributed by atoms with Crippen molar-refractivity contribution in [3.63, 3.8) is 0 Å². The summed E-state index contributed by atoms with van der Waals surface area (Å²) in [5.41, 5.74) is -0.180. The molecule has 26 heavy (non-hydrogen) atoms. The number of hydrogen-bond acceptors (Lipinski definition) is 7. The fourth-order valence-electron chi connectivity index (χ4n) is 2.26. The van der Waals surface area contributed by atoms with Crippen LogP contribution in [0.4, 0.5) is 5.69 Å². The fraction of sp³-hybridized carbons (Fsp3) is 0.500. The van der Waals surface area contributed by atoms with Crippen molar-refractivity contribution in [1.29, 1.82) is 0 Å². The summed E-state index contributed by atoms with van der Waals surface area (Å²) in [7, 11) is -3.77. The van der Waals surface area contributed by atoms with E-state index in [1.807, 2.05) is 0 Å². The van der Waals surface area contributed by atoms with Crippen molar-refractivity contribution in [2.24, 2.45) is 0 Å². The van der Waals surface area contributed by atoms with Gasteiger partial charge in [-0.05, 0) is 12.1 Å². The molecule has 1 aliphatic heterocycles. The first-order valence-electron chi connectivity index (χ1n) is 7.70. The average molecular weight is 425 g/mol. The van der Waals surface area contributed by atoms with E-state index in [2.05, 4.69) is 15.4 Å². The lowest BCUT2D eigenvalue weighted by Crippen LogP contribution is -2.42. The van der Waals surface area contributed by atoms with Crippen molar-refractivity contribution in [2.75, 3.05) is 31.1 Å². The number of benzene rings is 1. The number of halogens is 1. The van der Waals surface area contributed by atoms with Crippen molar-refractivity contribution in [2.45, 2.75) is 17.4 Å². The number of rotatable bonds is 8. The van der Waals surface area contributed by atoms with Gasteiger partial charge in [0.15, 0.2) is 0 Å². The zero-order valence-corrected chi connectivity index (χ0v) is 16.3. The van der Waals surface area contributed by atoms with Gasteiger partial charge in [0.2, 0.25) is 15.9 Å². The second kappa shape index (κ2) is 10.7. The molecular formula is C14H21ClN4O5S2. The van der Waals surface area contributed by atoms with Crippen LogP contribution < -0.4 is 15.4 Å². The maximum atomic E-state index is 12.1. The van der Waals surface area contributed by atoms with Crippen LogP contribution in [-0.4, -0.2) is 56.4 Å². The number of sulfonamides is 1. The maximum absolute atomic E-state index is 12.1. The number of nitrogens with zero attached hydrogens (tertiary/aromatic N) is 1. The van der Waals surface area contributed by atoms with Crippen molar-refractivity contribution < 1.29 is 18.1 Å². The van der Waals surface area contributed by atoms with Crippen LogP contribution in [0.15, 0.2) is 29.2 Å². The van der Waals surface area contributed by atoms with Crippen LogP contribution in [0.2, 0.25) is 0 Å². The second-order valence-electron chi connectivity index (χ2n) is 5.43. The highest BCUT2D eigenvalue weighted by molar-refractivity contribution is 7.99. The van der Waals surface area contributed by atoms with Crippen molar-refractivity contribution in [3.8, 4) is 0 Å². The predicted octanol–water partition coefficient (Wildman–Crippen LogP) is 0.506. The van der Waals surface area contributed by atoms with Gasteiger partial charge in [0.25, 0.3) is 5.69 Å². The van der Waals surface area contributed by atoms with Gasteiger partial charge in [-0.3, -0.25) is 14.9 Å². The molecule has 1 unspecified atom stereocenters. The van der Waals surface area contributed by atoms with Crippen LogP contribution in [0.3, 0.4) is 0 Å². The summed E-state index contributed by atoms with van der Waals surface area (Å²) in [6, 6.07) is 4.75. The summed E-state index contributed by atoms with van der Waals surface area (Å²) in [5.74, 6) is 1.80. The third-order valence-electron chi connectivity index (χ3n) is 3.53. The number of nitro benzene ring substituents is 1. The van der Waals surface area contributed by atoms with E-state index in [4.69, 9.17) is 0 Å². The first kappa shape index (κ1) is 22.6. The van der Waals surface area contributed by atoms with Crippen molar-refractivity contribution >= 4 is 45.8 Å². The molecule has 12 heteroatoms. The minimum Gasteiger partial charge on any atom is -0.355 e. The molecule has 3 N–H and O–H groups in total. The molecule has 1 saturated heterocycles. The molecule has 1 heterocycles. The van der Waals surface area contributed by atoms with Gasteiger partial charge >= 0.3 is 0 Å². The third kappa shape index (κ3) is 7.08. The Balaban J connectivity index is 0.00000338. The van der Waals surface area contributed by atoms with Gasteiger partial charge in [0.05, 0.1) is 9.82 Å². The number of carbonyl (C=O) groups is 1. The Bertz CT molecular complexity index is 709. The molecule has 9 nitrogen and oxygen atoms in total. The van der Waals surface area contributed by atoms with Crippen molar-refractivity contribution in [1.82, 2.24) is 15.4 Å². The van der Waals surface area contributed by atoms with Gasteiger partial charge in [-0.1, -0.05) is 0 Å². The molecule has 1 aromatic carbocycles. The van der Waals surface area contributed by atoms with Crippen LogP contribution in [0.1, 0.15) is 6.42 Å². The smallest absolute Gasteiger partial charge is 0.269 e. The number of amides is 1. The van der Waals surface area contributed by atoms with Crippen LogP contribution in [0, 0.1) is 10.1 Å². The molecule has 1 atom stereocenters. The highest BCUT2D eigenvalue weighted by Gasteiger charge is 2.17. The molecule has 1 aliphatic rings. The summed E-state index contributed by atoms with van der Waals surface area (Å²) in [5, 5.41) is 16.5. The first-order chi connectivity index (χ1) is 11.9. The van der Waals surface area contributed by atoms with E-state index in [1.165, 1.54) is 12.1 Å². The topological polar surface area (TPSA) is 130 Å². The summed E-state index contributed by atoms with van der Waals surface area (Å²) < 4.78 is 26.5. The first-order valence-corrected chi connectivity index (χ1v) is 10.3. The van der Waals surface area contributed by atoms with Crippen LogP contribution in [0.25, 0.3) is 0 Å². The van der Waals surface area contributed by atoms with Gasteiger partial charge in [-0.25, -0.2) is 13.1 Å². The normalized spacial score (nSPS) is 17.2. The molecule has 1 aromatic rings. The Morgan fingerprint density at radius 1 is 1.31 bits per heavy atom. The van der Waals surface area contributed by atoms with Gasteiger partial charge in [0, 0.05) is 55.7 Å². The van der Waals surface area contributed by atoms with Gasteiger partial charge in [-0.15, -0.1) is 12.4 Å². The zero-order valence-electron chi connectivity index (χ0n) is 13.8. The molecule has 2 rings (SSSR count). The molecule has 0 spiro atoms. The highest BCUT2D eigenvalue weighted by Crippen LogP contribution is 2.15. The molecular weight excluding hydrogens is 404 g/mol. The lowest BCUT2D eigenvalue weighted by Gasteiger charge is -2.22. The monoisotopic (exact) mass is 424 g/mol. The SMILES string of the molecule is Cl.O=C(CC1CSCCN1)NCCNS(=O)(=O)c1ccc([N+](=O)[O-])cc1. The van der Waals surface area contributed by atoms with Crippen LogP contribution in [-0.2, 0) is 14.8 Å². The van der Waals surface area contributed by atoms with Gasteiger partial charge in [-0.2, -0.15) is 11.8 Å². The van der Waals surface area contributed by atoms with Gasteiger partial charge < -0.3 is 10.6 Å². The van der Waals surface area contributed by atoms with E-state index in [9.17, 15) is 23.3 Å². The average Bonchev–Trinajstić information content (AvgIpc) is 2.60. The molecule has 0 saturated carbocycles. The quantitative estimate of drug-likeness (QED) is 0.314. The largest absolute Gasteiger partial charge is 0.355 e. The Kier molecular flexibility index (Phi) is 9.30. The number of carbonyl (C=O) groups excluding carboxylic acids is 1. The van der Waals surface area contributed by atoms with Crippen molar-refractivity contribution in [3.05, 3.63) is 34.4 Å². The fourth-order valence-corrected chi connectivity index (χ4v) is 4.25. The predicted molar refractivity (Wildman–Crippen MR) is 102 cm³/mol. The van der Waals surface area contributed by atoms with E-state index < -0.39 is 14.9 Å². The molecule has 0 radical (unpaired) electrons. The number of nitro groups is 1. The zero-order chi connectivity index (χ0) is 18.3. The molecule has 1 fully saturated rings. The lowest BCUT2D eigenvalue weighted by molar-refractivity contribution is -0.384. The summed E-state index contributed by atoms with van der Waals surface area (Å²) >= 11 is 1.80. The molecule has 0 aromatic heterocycles. The maximum Gasteiger partial charge on any atom is 0.269 e. The Morgan fingerprint density at radius 3 is 2.58 bits per heavy atom. The van der Waals surface area contributed by atoms with Crippen LogP contribution in [0.5, 0.6) is 0 Å². The molecule has 1 amide bonds. The van der Waals surface area contributed by atoms with E-state index in [0.29, 0.717) is 6.42 Å². The van der Waals surface area contributed by atoms with E-state index in [1.54, 1.807) is 11.8 Å². The number of thioether (sulfide) groups is 1. The van der Waals surface area contributed by atoms with E-state index >= 15 is 0 Å². The Labute approximate surface area is 162 Å². The summed E-state index contributed by atoms with van der Waals surface area (Å²) in [6.45, 7) is 1.10. The molecule has 146 valence electrons. The highest BCUT2D eigenvalue weighted by atomic mass is 35.5. The Hall–Kier alpha value is -1.40. The minimum atomic E-state index is -3.77. The number of hydrogen-bond donors (Lipinski definition) is 3. The number of nitrogens with one attached hydrogen (secondary N) is 3. The van der Waals surface area contributed by atoms with Gasteiger partial charge in [0.1, 0.15) is 0 Å². The standard InChI is InChI=1S/C14H20N4O5S2.ClH/c19-14(9-11-10-24-8-7-15-11)16-5-6-17-25(22,23)13-3-1-12(2-4-13)18(20)21;/h1-4,11,15,17H,5-10H2,(H,16,19);1H. The number of non-ortho nitro benzene ring substituents is 1. The van der Waals surface area contributed by atoms with Crippen LogP contribution >= 0.6 is 24.2 Å². The minimum absolute atomic E-state index is 0. The molecule has 0 bridgehead atoms. The van der Waals surface area contributed by atoms with E-state index in [-0.39, 0.29) is 48.0 Å². The summed E-state index contributed by atoms with van der Waals surface area (Å²) in [4.78, 5) is 21.7.